The van der Waals surface area contributed by atoms with Gasteiger partial charge in [-0.3, -0.25) is 4.79 Å². The van der Waals surface area contributed by atoms with Crippen LogP contribution in [-0.4, -0.2) is 63.5 Å². The third-order valence-electron chi connectivity index (χ3n) is 4.26. The van der Waals surface area contributed by atoms with E-state index >= 15 is 0 Å². The van der Waals surface area contributed by atoms with Gasteiger partial charge in [-0.1, -0.05) is 42.5 Å². The molecular weight excluding hydrogens is 340 g/mol. The molecule has 1 heterocycles. The number of benzene rings is 2. The van der Waals surface area contributed by atoms with Crippen molar-refractivity contribution in [2.45, 2.75) is 30.7 Å². The van der Waals surface area contributed by atoms with Crippen LogP contribution in [0.3, 0.4) is 0 Å². The van der Waals surface area contributed by atoms with Crippen LogP contribution in [-0.2, 0) is 4.74 Å². The fourth-order valence-electron chi connectivity index (χ4n) is 2.79. The van der Waals surface area contributed by atoms with Crippen LogP contribution in [0, 0.1) is 0 Å². The van der Waals surface area contributed by atoms with Crippen molar-refractivity contribution in [2.75, 3.05) is 6.61 Å². The number of rotatable bonds is 5. The number of ketones is 1. The lowest BCUT2D eigenvalue weighted by Gasteiger charge is -2.39. The van der Waals surface area contributed by atoms with Gasteiger partial charge in [-0.15, -0.1) is 0 Å². The zero-order chi connectivity index (χ0) is 18.7. The maximum absolute atomic E-state index is 12.7. The molecule has 0 radical (unpaired) electrons. The molecule has 0 aliphatic carbocycles. The molecule has 0 bridgehead atoms. The summed E-state index contributed by atoms with van der Waals surface area (Å²) in [5, 5.41) is 39.0. The van der Waals surface area contributed by atoms with E-state index in [0.29, 0.717) is 5.56 Å². The Morgan fingerprint density at radius 3 is 2.27 bits per heavy atom. The number of carbonyl (C=O) groups is 1. The summed E-state index contributed by atoms with van der Waals surface area (Å²) in [6.07, 6.45) is -7.02. The summed E-state index contributed by atoms with van der Waals surface area (Å²) in [6.45, 7) is -0.560. The molecule has 7 heteroatoms. The van der Waals surface area contributed by atoms with E-state index in [2.05, 4.69) is 0 Å². The van der Waals surface area contributed by atoms with Crippen LogP contribution >= 0.6 is 0 Å². The summed E-state index contributed by atoms with van der Waals surface area (Å²) in [6, 6.07) is 15.1. The van der Waals surface area contributed by atoms with Crippen LogP contribution in [0.15, 0.2) is 54.6 Å². The lowest BCUT2D eigenvalue weighted by Crippen LogP contribution is -2.60. The molecule has 2 aromatic rings. The average Bonchev–Trinajstić information content (AvgIpc) is 2.69. The van der Waals surface area contributed by atoms with Gasteiger partial charge in [0.15, 0.2) is 5.78 Å². The molecule has 1 fully saturated rings. The number of carbonyl (C=O) groups excluding carboxylic acids is 1. The minimum Gasteiger partial charge on any atom is -0.461 e. The number of aliphatic hydroxyl groups excluding tert-OH is 4. The Labute approximate surface area is 150 Å². The topological polar surface area (TPSA) is 116 Å². The summed E-state index contributed by atoms with van der Waals surface area (Å²) >= 11 is 0. The van der Waals surface area contributed by atoms with Crippen LogP contribution in [0.2, 0.25) is 0 Å². The van der Waals surface area contributed by atoms with Crippen molar-refractivity contribution in [3.8, 4) is 5.75 Å². The summed E-state index contributed by atoms with van der Waals surface area (Å²) in [4.78, 5) is 12.7. The Balaban J connectivity index is 1.85. The van der Waals surface area contributed by atoms with E-state index in [4.69, 9.17) is 9.47 Å². The van der Waals surface area contributed by atoms with Gasteiger partial charge in [-0.2, -0.15) is 0 Å². The fourth-order valence-corrected chi connectivity index (χ4v) is 2.79. The number of hydrogen-bond acceptors (Lipinski definition) is 7. The van der Waals surface area contributed by atoms with Crippen molar-refractivity contribution in [3.63, 3.8) is 0 Å². The van der Waals surface area contributed by atoms with Gasteiger partial charge in [-0.25, -0.2) is 0 Å². The molecule has 1 aliphatic heterocycles. The van der Waals surface area contributed by atoms with E-state index in [1.165, 1.54) is 6.07 Å². The number of aliphatic hydroxyl groups is 4. The smallest absolute Gasteiger partial charge is 0.229 e. The van der Waals surface area contributed by atoms with E-state index in [9.17, 15) is 25.2 Å². The predicted molar refractivity (Wildman–Crippen MR) is 90.7 cm³/mol. The minimum atomic E-state index is -1.55. The molecule has 1 saturated heterocycles. The molecule has 7 nitrogen and oxygen atoms in total. The zero-order valence-corrected chi connectivity index (χ0v) is 13.8. The monoisotopic (exact) mass is 360 g/mol. The maximum atomic E-state index is 12.7. The highest BCUT2D eigenvalue weighted by atomic mass is 16.7. The maximum Gasteiger partial charge on any atom is 0.229 e. The first-order valence-electron chi connectivity index (χ1n) is 8.19. The Morgan fingerprint density at radius 2 is 1.58 bits per heavy atom. The standard InChI is InChI=1S/C19H20O7/c20-10-14-16(22)17(23)18(24)19(26-14)25-13-9-5-4-8-12(13)15(21)11-6-2-1-3-7-11/h1-9,14,16-20,22-24H,10H2/t14-,16-,17+,18-,19?/m1/s1. The fraction of sp³-hybridized carbons (Fsp3) is 0.316. The van der Waals surface area contributed by atoms with Crippen LogP contribution < -0.4 is 4.74 Å². The van der Waals surface area contributed by atoms with Crippen molar-refractivity contribution < 1.29 is 34.7 Å². The van der Waals surface area contributed by atoms with Gasteiger partial charge in [0.25, 0.3) is 0 Å². The molecule has 0 saturated carbocycles. The molecule has 0 amide bonds. The Kier molecular flexibility index (Phi) is 5.65. The Hall–Kier alpha value is -2.29. The molecule has 3 rings (SSSR count). The number of para-hydroxylation sites is 1. The number of hydrogen-bond donors (Lipinski definition) is 4. The van der Waals surface area contributed by atoms with Gasteiger partial charge < -0.3 is 29.9 Å². The first-order chi connectivity index (χ1) is 12.5. The molecule has 1 aliphatic rings. The molecule has 26 heavy (non-hydrogen) atoms. The van der Waals surface area contributed by atoms with Gasteiger partial charge in [0, 0.05) is 5.56 Å². The molecule has 0 aromatic heterocycles. The van der Waals surface area contributed by atoms with Gasteiger partial charge in [-0.05, 0) is 12.1 Å². The van der Waals surface area contributed by atoms with Crippen molar-refractivity contribution >= 4 is 5.78 Å². The highest BCUT2D eigenvalue weighted by Gasteiger charge is 2.44. The second-order valence-electron chi connectivity index (χ2n) is 6.01. The lowest BCUT2D eigenvalue weighted by molar-refractivity contribution is -0.277. The molecule has 0 spiro atoms. The second-order valence-corrected chi connectivity index (χ2v) is 6.01. The van der Waals surface area contributed by atoms with Gasteiger partial charge in [0.05, 0.1) is 12.2 Å². The first-order valence-corrected chi connectivity index (χ1v) is 8.19. The zero-order valence-electron chi connectivity index (χ0n) is 13.8. The van der Waals surface area contributed by atoms with Crippen molar-refractivity contribution in [1.29, 1.82) is 0 Å². The summed E-state index contributed by atoms with van der Waals surface area (Å²) < 4.78 is 10.9. The second kappa shape index (κ2) is 7.94. The third kappa shape index (κ3) is 3.62. The van der Waals surface area contributed by atoms with Gasteiger partial charge >= 0.3 is 0 Å². The average molecular weight is 360 g/mol. The third-order valence-corrected chi connectivity index (χ3v) is 4.26. The SMILES string of the molecule is O=C(c1ccccc1)c1ccccc1OC1O[C@H](CO)[C@@H](O)[C@H](O)[C@H]1O. The summed E-state index contributed by atoms with van der Waals surface area (Å²) in [5.74, 6) is -0.114. The number of ether oxygens (including phenoxy) is 2. The molecule has 138 valence electrons. The van der Waals surface area contributed by atoms with Gasteiger partial charge in [0.2, 0.25) is 6.29 Å². The van der Waals surface area contributed by atoms with E-state index in [1.807, 2.05) is 0 Å². The summed E-state index contributed by atoms with van der Waals surface area (Å²) in [5.41, 5.74) is 0.730. The van der Waals surface area contributed by atoms with Gasteiger partial charge in [0.1, 0.15) is 30.2 Å². The largest absolute Gasteiger partial charge is 0.461 e. The van der Waals surface area contributed by atoms with Crippen LogP contribution in [0.1, 0.15) is 15.9 Å². The van der Waals surface area contributed by atoms with E-state index in [-0.39, 0.29) is 17.1 Å². The minimum absolute atomic E-state index is 0.158. The Bertz CT molecular complexity index is 747. The van der Waals surface area contributed by atoms with E-state index in [1.54, 1.807) is 48.5 Å². The van der Waals surface area contributed by atoms with E-state index in [0.717, 1.165) is 0 Å². The van der Waals surface area contributed by atoms with Crippen LogP contribution in [0.5, 0.6) is 5.75 Å². The van der Waals surface area contributed by atoms with Crippen molar-refractivity contribution in [1.82, 2.24) is 0 Å². The normalized spacial score (nSPS) is 28.5. The van der Waals surface area contributed by atoms with Crippen LogP contribution in [0.4, 0.5) is 0 Å². The van der Waals surface area contributed by atoms with Crippen LogP contribution in [0.25, 0.3) is 0 Å². The molecular formula is C19H20O7. The predicted octanol–water partition coefficient (Wildman–Crippen LogP) is 0.0963. The summed E-state index contributed by atoms with van der Waals surface area (Å²) in [7, 11) is 0. The highest BCUT2D eigenvalue weighted by molar-refractivity contribution is 6.10. The van der Waals surface area contributed by atoms with Crippen molar-refractivity contribution in [2.24, 2.45) is 0 Å². The molecule has 5 atom stereocenters. The molecule has 1 unspecified atom stereocenters. The Morgan fingerprint density at radius 1 is 0.923 bits per heavy atom. The lowest BCUT2D eigenvalue weighted by atomic mass is 9.99. The van der Waals surface area contributed by atoms with Crippen molar-refractivity contribution in [3.05, 3.63) is 65.7 Å². The quantitative estimate of drug-likeness (QED) is 0.559. The molecule has 2 aromatic carbocycles. The highest BCUT2D eigenvalue weighted by Crippen LogP contribution is 2.27. The van der Waals surface area contributed by atoms with E-state index < -0.39 is 37.3 Å². The first kappa shape index (κ1) is 18.5. The molecule has 4 N–H and O–H groups in total.